The first-order chi connectivity index (χ1) is 8.60. The monoisotopic (exact) mass is 326 g/mol. The molecule has 1 aromatic carbocycles. The third-order valence-corrected chi connectivity index (χ3v) is 3.15. The van der Waals surface area contributed by atoms with Crippen molar-refractivity contribution < 1.29 is 4.74 Å². The number of nitrogens with zero attached hydrogens (tertiary/aromatic N) is 1. The maximum Gasteiger partial charge on any atom is 0.223 e. The Bertz CT molecular complexity index is 575. The normalized spacial score (nSPS) is 10.4. The molecule has 0 unspecified atom stereocenters. The van der Waals surface area contributed by atoms with Crippen LogP contribution in [0.15, 0.2) is 34.9 Å². The molecule has 2 aromatic rings. The molecule has 0 spiro atoms. The minimum absolute atomic E-state index is 0.352. The molecule has 0 radical (unpaired) electrons. The molecule has 1 aromatic heterocycles. The van der Waals surface area contributed by atoms with Gasteiger partial charge in [-0.05, 0) is 46.6 Å². The van der Waals surface area contributed by atoms with Crippen molar-refractivity contribution >= 4 is 27.5 Å². The van der Waals surface area contributed by atoms with Gasteiger partial charge in [0.05, 0.1) is 5.02 Å². The van der Waals surface area contributed by atoms with E-state index in [0.29, 0.717) is 23.2 Å². The minimum atomic E-state index is 0.352. The van der Waals surface area contributed by atoms with Crippen molar-refractivity contribution in [1.29, 1.82) is 0 Å². The quantitative estimate of drug-likeness (QED) is 0.925. The van der Waals surface area contributed by atoms with Crippen LogP contribution in [0.25, 0.3) is 0 Å². The van der Waals surface area contributed by atoms with Gasteiger partial charge in [0, 0.05) is 22.8 Å². The summed E-state index contributed by atoms with van der Waals surface area (Å²) >= 11 is 9.43. The van der Waals surface area contributed by atoms with Crippen LogP contribution in [0.3, 0.4) is 0 Å². The maximum absolute atomic E-state index is 6.08. The average molecular weight is 328 g/mol. The zero-order chi connectivity index (χ0) is 13.1. The van der Waals surface area contributed by atoms with Crippen LogP contribution in [0.4, 0.5) is 0 Å². The van der Waals surface area contributed by atoms with Crippen LogP contribution in [0.2, 0.25) is 5.02 Å². The Morgan fingerprint density at radius 3 is 2.89 bits per heavy atom. The third-order valence-electron chi connectivity index (χ3n) is 2.41. The Morgan fingerprint density at radius 1 is 1.39 bits per heavy atom. The molecule has 0 aliphatic carbocycles. The van der Waals surface area contributed by atoms with E-state index in [1.807, 2.05) is 25.1 Å². The van der Waals surface area contributed by atoms with E-state index in [-0.39, 0.29) is 0 Å². The average Bonchev–Trinajstić information content (AvgIpc) is 2.36. The summed E-state index contributed by atoms with van der Waals surface area (Å²) in [6.45, 7) is 2.33. The van der Waals surface area contributed by atoms with Crippen LogP contribution in [-0.2, 0) is 6.54 Å². The van der Waals surface area contributed by atoms with Gasteiger partial charge in [-0.1, -0.05) is 17.7 Å². The summed E-state index contributed by atoms with van der Waals surface area (Å²) in [6, 6.07) is 7.47. The lowest BCUT2D eigenvalue weighted by molar-refractivity contribution is 0.456. The Hall–Kier alpha value is -1.10. The first-order valence-corrected chi connectivity index (χ1v) is 6.55. The Labute approximate surface area is 119 Å². The number of hydrogen-bond donors (Lipinski definition) is 1. The van der Waals surface area contributed by atoms with Gasteiger partial charge in [-0.2, -0.15) is 0 Å². The van der Waals surface area contributed by atoms with Crippen LogP contribution in [0.5, 0.6) is 11.6 Å². The number of hydrogen-bond acceptors (Lipinski definition) is 3. The molecule has 2 rings (SSSR count). The molecule has 0 aliphatic heterocycles. The summed E-state index contributed by atoms with van der Waals surface area (Å²) in [5.41, 5.74) is 7.56. The van der Waals surface area contributed by atoms with Gasteiger partial charge in [0.2, 0.25) is 5.88 Å². The highest BCUT2D eigenvalue weighted by atomic mass is 79.9. The van der Waals surface area contributed by atoms with E-state index in [2.05, 4.69) is 20.9 Å². The van der Waals surface area contributed by atoms with Gasteiger partial charge in [-0.15, -0.1) is 0 Å². The van der Waals surface area contributed by atoms with Crippen LogP contribution >= 0.6 is 27.5 Å². The molecule has 0 aliphatic rings. The van der Waals surface area contributed by atoms with Gasteiger partial charge in [-0.3, -0.25) is 0 Å². The molecule has 0 saturated heterocycles. The number of ether oxygens (including phenoxy) is 1. The summed E-state index contributed by atoms with van der Waals surface area (Å²) in [4.78, 5) is 4.21. The topological polar surface area (TPSA) is 48.1 Å². The fourth-order valence-electron chi connectivity index (χ4n) is 1.50. The van der Waals surface area contributed by atoms with Crippen molar-refractivity contribution in [3.05, 3.63) is 51.1 Å². The molecular formula is C13H12BrClN2O. The van der Waals surface area contributed by atoms with E-state index in [4.69, 9.17) is 22.1 Å². The molecule has 5 heteroatoms. The van der Waals surface area contributed by atoms with Crippen LogP contribution < -0.4 is 10.5 Å². The summed E-state index contributed by atoms with van der Waals surface area (Å²) in [5, 5.41) is 0.549. The van der Waals surface area contributed by atoms with E-state index in [1.165, 1.54) is 0 Å². The van der Waals surface area contributed by atoms with Gasteiger partial charge in [0.25, 0.3) is 0 Å². The minimum Gasteiger partial charge on any atom is -0.437 e. The molecule has 0 amide bonds. The molecular weight excluding hydrogens is 316 g/mol. The number of benzene rings is 1. The Morgan fingerprint density at radius 2 is 2.17 bits per heavy atom. The summed E-state index contributed by atoms with van der Waals surface area (Å²) < 4.78 is 6.59. The molecule has 0 saturated carbocycles. The summed E-state index contributed by atoms with van der Waals surface area (Å²) in [5.74, 6) is 1.06. The highest BCUT2D eigenvalue weighted by Gasteiger charge is 2.09. The van der Waals surface area contributed by atoms with E-state index in [1.54, 1.807) is 12.3 Å². The molecule has 0 fully saturated rings. The SMILES string of the molecule is Cc1ccc(Cl)c(Oc2ncc(Br)cc2CN)c1. The van der Waals surface area contributed by atoms with Crippen molar-refractivity contribution in [2.45, 2.75) is 13.5 Å². The molecule has 3 nitrogen and oxygen atoms in total. The number of halogens is 2. The second-order valence-electron chi connectivity index (χ2n) is 3.86. The Balaban J connectivity index is 2.36. The highest BCUT2D eigenvalue weighted by Crippen LogP contribution is 2.31. The molecule has 18 heavy (non-hydrogen) atoms. The zero-order valence-corrected chi connectivity index (χ0v) is 12.1. The maximum atomic E-state index is 6.08. The predicted molar refractivity (Wildman–Crippen MR) is 76.1 cm³/mol. The smallest absolute Gasteiger partial charge is 0.223 e. The van der Waals surface area contributed by atoms with Crippen molar-refractivity contribution in [2.75, 3.05) is 0 Å². The van der Waals surface area contributed by atoms with Gasteiger partial charge < -0.3 is 10.5 Å². The van der Waals surface area contributed by atoms with Gasteiger partial charge in [-0.25, -0.2) is 4.98 Å². The number of pyridine rings is 1. The fourth-order valence-corrected chi connectivity index (χ4v) is 2.03. The van der Waals surface area contributed by atoms with Gasteiger partial charge in [0.1, 0.15) is 5.75 Å². The molecule has 2 N–H and O–H groups in total. The second-order valence-corrected chi connectivity index (χ2v) is 5.18. The first-order valence-electron chi connectivity index (χ1n) is 5.38. The standard InChI is InChI=1S/C13H12BrClN2O/c1-8-2-3-11(15)12(4-8)18-13-9(6-16)5-10(14)7-17-13/h2-5,7H,6,16H2,1H3. The number of aryl methyl sites for hydroxylation is 1. The molecule has 1 heterocycles. The van der Waals surface area contributed by atoms with E-state index in [0.717, 1.165) is 15.6 Å². The van der Waals surface area contributed by atoms with Crippen molar-refractivity contribution in [3.8, 4) is 11.6 Å². The van der Waals surface area contributed by atoms with Crippen LogP contribution in [-0.4, -0.2) is 4.98 Å². The third kappa shape index (κ3) is 3.02. The molecule has 94 valence electrons. The first kappa shape index (κ1) is 13.3. The van der Waals surface area contributed by atoms with Crippen molar-refractivity contribution in [1.82, 2.24) is 4.98 Å². The largest absolute Gasteiger partial charge is 0.437 e. The predicted octanol–water partition coefficient (Wildman–Crippen LogP) is 4.06. The molecule has 0 bridgehead atoms. The molecule has 0 atom stereocenters. The van der Waals surface area contributed by atoms with Gasteiger partial charge in [0.15, 0.2) is 0 Å². The highest BCUT2D eigenvalue weighted by molar-refractivity contribution is 9.10. The van der Waals surface area contributed by atoms with E-state index >= 15 is 0 Å². The van der Waals surface area contributed by atoms with E-state index in [9.17, 15) is 0 Å². The number of nitrogens with two attached hydrogens (primary N) is 1. The van der Waals surface area contributed by atoms with Crippen LogP contribution in [0, 0.1) is 6.92 Å². The summed E-state index contributed by atoms with van der Waals surface area (Å²) in [7, 11) is 0. The van der Waals surface area contributed by atoms with Crippen LogP contribution in [0.1, 0.15) is 11.1 Å². The number of rotatable bonds is 3. The second kappa shape index (κ2) is 5.69. The lowest BCUT2D eigenvalue weighted by atomic mass is 10.2. The number of aromatic nitrogens is 1. The lowest BCUT2D eigenvalue weighted by Gasteiger charge is -2.10. The van der Waals surface area contributed by atoms with Crippen molar-refractivity contribution in [2.24, 2.45) is 5.73 Å². The summed E-state index contributed by atoms with van der Waals surface area (Å²) in [6.07, 6.45) is 1.66. The van der Waals surface area contributed by atoms with Gasteiger partial charge >= 0.3 is 0 Å². The van der Waals surface area contributed by atoms with Crippen molar-refractivity contribution in [3.63, 3.8) is 0 Å². The Kier molecular flexibility index (Phi) is 4.22. The zero-order valence-electron chi connectivity index (χ0n) is 9.78. The lowest BCUT2D eigenvalue weighted by Crippen LogP contribution is -2.01. The fraction of sp³-hybridized carbons (Fsp3) is 0.154. The van der Waals surface area contributed by atoms with E-state index < -0.39 is 0 Å².